The Labute approximate surface area is 120 Å². The van der Waals surface area contributed by atoms with Crippen molar-refractivity contribution in [1.82, 2.24) is 19.8 Å². The Morgan fingerprint density at radius 3 is 2.60 bits per heavy atom. The van der Waals surface area contributed by atoms with E-state index in [4.69, 9.17) is 0 Å². The van der Waals surface area contributed by atoms with Crippen molar-refractivity contribution in [2.75, 3.05) is 26.2 Å². The van der Waals surface area contributed by atoms with Crippen LogP contribution in [0.2, 0.25) is 0 Å². The Hall–Kier alpha value is -0.960. The molecule has 1 aromatic rings. The van der Waals surface area contributed by atoms with Crippen LogP contribution in [0.15, 0.2) is 5.03 Å². The molecule has 0 unspecified atom stereocenters. The number of nitrogens with zero attached hydrogens (tertiary/aromatic N) is 2. The van der Waals surface area contributed by atoms with Gasteiger partial charge in [-0.1, -0.05) is 13.8 Å². The number of likely N-dealkylation sites (N-methyl/N-ethyl adjacent to an activating group) is 1. The predicted octanol–water partition coefficient (Wildman–Crippen LogP) is 0.221. The molecule has 0 bridgehead atoms. The number of aliphatic hydroxyl groups excluding tert-OH is 1. The van der Waals surface area contributed by atoms with Gasteiger partial charge in [0.05, 0.1) is 6.61 Å². The van der Waals surface area contributed by atoms with Crippen LogP contribution >= 0.6 is 0 Å². The lowest BCUT2D eigenvalue weighted by Gasteiger charge is -2.19. The molecule has 20 heavy (non-hydrogen) atoms. The fourth-order valence-electron chi connectivity index (χ4n) is 1.99. The van der Waals surface area contributed by atoms with Crippen molar-refractivity contribution in [2.24, 2.45) is 0 Å². The van der Waals surface area contributed by atoms with Gasteiger partial charge < -0.3 is 10.0 Å². The normalized spacial score (nSPS) is 12.2. The molecule has 1 rings (SSSR count). The smallest absolute Gasteiger partial charge is 0.260 e. The van der Waals surface area contributed by atoms with Gasteiger partial charge in [0, 0.05) is 24.3 Å². The number of sulfonamides is 1. The van der Waals surface area contributed by atoms with Crippen molar-refractivity contribution in [3.8, 4) is 0 Å². The summed E-state index contributed by atoms with van der Waals surface area (Å²) >= 11 is 0. The zero-order valence-corrected chi connectivity index (χ0v) is 13.1. The van der Waals surface area contributed by atoms with Crippen LogP contribution < -0.4 is 4.72 Å². The Bertz CT molecular complexity index is 513. The molecule has 1 heterocycles. The topological polar surface area (TPSA) is 98.3 Å². The molecule has 0 fully saturated rings. The maximum atomic E-state index is 12.1. The van der Waals surface area contributed by atoms with Gasteiger partial charge in [0.2, 0.25) is 0 Å². The highest BCUT2D eigenvalue weighted by Gasteiger charge is 2.23. The van der Waals surface area contributed by atoms with Crippen molar-refractivity contribution in [3.63, 3.8) is 0 Å². The van der Waals surface area contributed by atoms with Crippen molar-refractivity contribution < 1.29 is 13.5 Å². The number of aryl methyl sites for hydroxylation is 1. The van der Waals surface area contributed by atoms with Crippen LogP contribution in [-0.2, 0) is 16.6 Å². The lowest BCUT2D eigenvalue weighted by Crippen LogP contribution is -2.35. The largest absolute Gasteiger partial charge is 0.392 e. The average molecular weight is 304 g/mol. The van der Waals surface area contributed by atoms with Gasteiger partial charge in [0.1, 0.15) is 0 Å². The zero-order valence-electron chi connectivity index (χ0n) is 12.3. The molecule has 0 amide bonds. The maximum Gasteiger partial charge on any atom is 0.260 e. The van der Waals surface area contributed by atoms with E-state index in [2.05, 4.69) is 26.7 Å². The first kappa shape index (κ1) is 17.1. The van der Waals surface area contributed by atoms with E-state index in [0.29, 0.717) is 24.3 Å². The number of hydrogen-bond donors (Lipinski definition) is 3. The third-order valence-electron chi connectivity index (χ3n) is 3.16. The van der Waals surface area contributed by atoms with Crippen molar-refractivity contribution in [3.05, 3.63) is 11.3 Å². The highest BCUT2D eigenvalue weighted by molar-refractivity contribution is 7.89. The molecule has 0 aliphatic carbocycles. The molecular weight excluding hydrogens is 280 g/mol. The molecular formula is C12H24N4O3S. The summed E-state index contributed by atoms with van der Waals surface area (Å²) < 4.78 is 26.8. The summed E-state index contributed by atoms with van der Waals surface area (Å²) in [7, 11) is -3.68. The molecule has 8 heteroatoms. The lowest BCUT2D eigenvalue weighted by atomic mass is 10.3. The first-order valence-corrected chi connectivity index (χ1v) is 8.31. The summed E-state index contributed by atoms with van der Waals surface area (Å²) in [4.78, 5) is 2.17. The van der Waals surface area contributed by atoms with Crippen molar-refractivity contribution >= 4 is 10.0 Å². The van der Waals surface area contributed by atoms with Crippen LogP contribution in [0.1, 0.15) is 31.5 Å². The first-order valence-electron chi connectivity index (χ1n) is 6.83. The van der Waals surface area contributed by atoms with Gasteiger partial charge >= 0.3 is 0 Å². The number of aromatic nitrogens is 2. The molecule has 3 N–H and O–H groups in total. The van der Waals surface area contributed by atoms with Crippen LogP contribution in [0.4, 0.5) is 0 Å². The minimum absolute atomic E-state index is 0.115. The third kappa shape index (κ3) is 4.27. The Balaban J connectivity index is 2.66. The van der Waals surface area contributed by atoms with Crippen molar-refractivity contribution in [2.45, 2.75) is 38.8 Å². The van der Waals surface area contributed by atoms with E-state index in [9.17, 15) is 13.5 Å². The van der Waals surface area contributed by atoms with E-state index >= 15 is 0 Å². The Morgan fingerprint density at radius 2 is 2.05 bits per heavy atom. The second-order valence-corrected chi connectivity index (χ2v) is 6.30. The Morgan fingerprint density at radius 1 is 1.35 bits per heavy atom. The summed E-state index contributed by atoms with van der Waals surface area (Å²) in [6.07, 6.45) is 1.04. The number of hydrogen-bond acceptors (Lipinski definition) is 5. The first-order chi connectivity index (χ1) is 9.46. The molecule has 0 radical (unpaired) electrons. The quantitative estimate of drug-likeness (QED) is 0.606. The molecule has 0 aliphatic rings. The van der Waals surface area contributed by atoms with Gasteiger partial charge in [-0.2, -0.15) is 5.10 Å². The van der Waals surface area contributed by atoms with E-state index in [-0.39, 0.29) is 11.6 Å². The highest BCUT2D eigenvalue weighted by Crippen LogP contribution is 2.15. The second-order valence-electron chi connectivity index (χ2n) is 4.62. The number of aromatic amines is 1. The van der Waals surface area contributed by atoms with E-state index in [1.807, 2.05) is 6.92 Å². The van der Waals surface area contributed by atoms with Crippen LogP contribution in [-0.4, -0.2) is 54.8 Å². The van der Waals surface area contributed by atoms with Gasteiger partial charge in [-0.15, -0.1) is 0 Å². The molecule has 0 aromatic carbocycles. The predicted molar refractivity (Wildman–Crippen MR) is 76.8 cm³/mol. The fraction of sp³-hybridized carbons (Fsp3) is 0.750. The second kappa shape index (κ2) is 7.72. The molecule has 0 aliphatic heterocycles. The molecule has 116 valence electrons. The SMILES string of the molecule is CCCN(CC)CCNS(=O)(=O)c1n[nH]c(C)c1CO. The average Bonchev–Trinajstić information content (AvgIpc) is 2.79. The standard InChI is InChI=1S/C12H24N4O3S/c1-4-7-16(5-2)8-6-13-20(18,19)12-11(9-17)10(3)14-15-12/h13,17H,4-9H2,1-3H3,(H,14,15). The van der Waals surface area contributed by atoms with E-state index in [1.165, 1.54) is 0 Å². The monoisotopic (exact) mass is 304 g/mol. The Kier molecular flexibility index (Phi) is 6.60. The van der Waals surface area contributed by atoms with Gasteiger partial charge in [-0.05, 0) is 26.4 Å². The maximum absolute atomic E-state index is 12.1. The number of aliphatic hydroxyl groups is 1. The summed E-state index contributed by atoms with van der Waals surface area (Å²) in [6.45, 7) is 8.28. The van der Waals surface area contributed by atoms with Crippen LogP contribution in [0.3, 0.4) is 0 Å². The highest BCUT2D eigenvalue weighted by atomic mass is 32.2. The number of rotatable bonds is 9. The number of nitrogens with one attached hydrogen (secondary N) is 2. The van der Waals surface area contributed by atoms with E-state index in [0.717, 1.165) is 19.5 Å². The van der Waals surface area contributed by atoms with Gasteiger partial charge in [-0.25, -0.2) is 13.1 Å². The van der Waals surface area contributed by atoms with E-state index < -0.39 is 10.0 Å². The van der Waals surface area contributed by atoms with Gasteiger partial charge in [0.15, 0.2) is 5.03 Å². The van der Waals surface area contributed by atoms with E-state index in [1.54, 1.807) is 6.92 Å². The summed E-state index contributed by atoms with van der Waals surface area (Å²) in [5.41, 5.74) is 0.882. The summed E-state index contributed by atoms with van der Waals surface area (Å²) in [5, 5.41) is 15.4. The van der Waals surface area contributed by atoms with Crippen molar-refractivity contribution in [1.29, 1.82) is 0 Å². The minimum atomic E-state index is -3.68. The molecule has 7 nitrogen and oxygen atoms in total. The number of H-pyrrole nitrogens is 1. The molecule has 0 saturated heterocycles. The third-order valence-corrected chi connectivity index (χ3v) is 4.59. The molecule has 0 atom stereocenters. The van der Waals surface area contributed by atoms with Crippen LogP contribution in [0.5, 0.6) is 0 Å². The molecule has 0 saturated carbocycles. The summed E-state index contributed by atoms with van der Waals surface area (Å²) in [6, 6.07) is 0. The zero-order chi connectivity index (χ0) is 15.2. The molecule has 0 spiro atoms. The van der Waals surface area contributed by atoms with Crippen LogP contribution in [0.25, 0.3) is 0 Å². The van der Waals surface area contributed by atoms with Crippen LogP contribution in [0, 0.1) is 6.92 Å². The minimum Gasteiger partial charge on any atom is -0.392 e. The summed E-state index contributed by atoms with van der Waals surface area (Å²) in [5.74, 6) is 0. The fourth-order valence-corrected chi connectivity index (χ4v) is 3.19. The molecule has 1 aromatic heterocycles. The van der Waals surface area contributed by atoms with Gasteiger partial charge in [0.25, 0.3) is 10.0 Å². The van der Waals surface area contributed by atoms with Gasteiger partial charge in [-0.3, -0.25) is 5.10 Å². The lowest BCUT2D eigenvalue weighted by molar-refractivity contribution is 0.277.